The van der Waals surface area contributed by atoms with E-state index in [0.717, 1.165) is 32.4 Å². The van der Waals surface area contributed by atoms with E-state index in [1.807, 2.05) is 4.90 Å². The number of imide groups is 1. The number of benzene rings is 1. The smallest absolute Gasteiger partial charge is 0.253 e. The minimum atomic E-state index is -0.242. The molecule has 2 aliphatic heterocycles. The monoisotopic (exact) mass is 522 g/mol. The molecule has 2 saturated carbocycles. The van der Waals surface area contributed by atoms with E-state index in [2.05, 4.69) is 38.8 Å². The van der Waals surface area contributed by atoms with Crippen molar-refractivity contribution in [3.63, 3.8) is 0 Å². The molecule has 154 valence electrons. The molecule has 5 rings (SSSR count). The van der Waals surface area contributed by atoms with Crippen molar-refractivity contribution in [3.8, 4) is 0 Å². The molecule has 0 N–H and O–H groups in total. The molecular weight excluding hydrogens is 500 g/mol. The first-order valence-corrected chi connectivity index (χ1v) is 12.3. The van der Waals surface area contributed by atoms with Gasteiger partial charge in [0.05, 0.1) is 17.5 Å². The molecule has 7 heteroatoms. The normalized spacial score (nSPS) is 36.8. The molecule has 0 radical (unpaired) electrons. The second-order valence-corrected chi connectivity index (χ2v) is 11.2. The van der Waals surface area contributed by atoms with Gasteiger partial charge in [-0.05, 0) is 55.2 Å². The van der Waals surface area contributed by atoms with Gasteiger partial charge in [0.25, 0.3) is 5.91 Å². The van der Waals surface area contributed by atoms with Crippen LogP contribution in [-0.4, -0.2) is 45.4 Å². The Kier molecular flexibility index (Phi) is 4.89. The van der Waals surface area contributed by atoms with Gasteiger partial charge in [0.15, 0.2) is 0 Å². The number of hydrogen-bond donors (Lipinski definition) is 0. The summed E-state index contributed by atoms with van der Waals surface area (Å²) < 4.78 is 0. The molecular formula is C22H24Br2N2O3. The van der Waals surface area contributed by atoms with Crippen LogP contribution in [0.1, 0.15) is 36.5 Å². The maximum Gasteiger partial charge on any atom is 0.253 e. The number of alkyl halides is 2. The number of fused-ring (bicyclic) bond motifs is 5. The van der Waals surface area contributed by atoms with Gasteiger partial charge >= 0.3 is 0 Å². The number of amides is 3. The predicted molar refractivity (Wildman–Crippen MR) is 117 cm³/mol. The molecule has 1 aromatic carbocycles. The number of piperidine rings is 1. The van der Waals surface area contributed by atoms with Crippen LogP contribution in [-0.2, 0) is 9.59 Å². The van der Waals surface area contributed by atoms with Gasteiger partial charge < -0.3 is 4.90 Å². The van der Waals surface area contributed by atoms with Crippen LogP contribution in [0.3, 0.4) is 0 Å². The van der Waals surface area contributed by atoms with Crippen LogP contribution in [0.5, 0.6) is 0 Å². The van der Waals surface area contributed by atoms with E-state index in [0.29, 0.717) is 17.2 Å². The average Bonchev–Trinajstić information content (AvgIpc) is 3.33. The molecule has 4 fully saturated rings. The third-order valence-electron chi connectivity index (χ3n) is 7.41. The lowest BCUT2D eigenvalue weighted by Gasteiger charge is -2.30. The summed E-state index contributed by atoms with van der Waals surface area (Å²) in [7, 11) is 0. The van der Waals surface area contributed by atoms with Crippen LogP contribution in [0, 0.1) is 29.6 Å². The van der Waals surface area contributed by atoms with Crippen LogP contribution < -0.4 is 4.90 Å². The second-order valence-electron chi connectivity index (χ2n) is 9.04. The summed E-state index contributed by atoms with van der Waals surface area (Å²) in [6.07, 6.45) is 2.95. The Morgan fingerprint density at radius 2 is 1.59 bits per heavy atom. The lowest BCUT2D eigenvalue weighted by molar-refractivity contribution is -0.123. The van der Waals surface area contributed by atoms with E-state index in [4.69, 9.17) is 0 Å². The van der Waals surface area contributed by atoms with E-state index in [-0.39, 0.29) is 51.0 Å². The molecule has 2 heterocycles. The standard InChI is InChI=1S/C22H24Br2N2O3/c1-11-5-7-25(8-6-11)20(27)12-3-2-4-13(9-12)26-21(28)16-14-10-15(17(16)22(26)29)19(24)18(14)23/h2-4,9,11,14-19H,5-8,10H2,1H3/t14-,15-,16-,17-,18-,19+/m1/s1. The summed E-state index contributed by atoms with van der Waals surface area (Å²) in [6, 6.07) is 7.04. The number of carbonyl (C=O) groups is 3. The molecule has 5 nitrogen and oxygen atoms in total. The van der Waals surface area contributed by atoms with E-state index in [1.165, 1.54) is 4.90 Å². The highest BCUT2D eigenvalue weighted by Gasteiger charge is 2.66. The van der Waals surface area contributed by atoms with Crippen molar-refractivity contribution in [2.45, 2.75) is 35.8 Å². The summed E-state index contributed by atoms with van der Waals surface area (Å²) >= 11 is 7.44. The fourth-order valence-corrected chi connectivity index (χ4v) is 7.65. The van der Waals surface area contributed by atoms with Gasteiger partial charge in [-0.15, -0.1) is 0 Å². The Morgan fingerprint density at radius 3 is 2.17 bits per heavy atom. The number of nitrogens with zero attached hydrogens (tertiary/aromatic N) is 2. The van der Waals surface area contributed by atoms with Crippen molar-refractivity contribution >= 4 is 55.3 Å². The quantitative estimate of drug-likeness (QED) is 0.437. The van der Waals surface area contributed by atoms with E-state index < -0.39 is 0 Å². The maximum absolute atomic E-state index is 13.2. The molecule has 29 heavy (non-hydrogen) atoms. The van der Waals surface area contributed by atoms with Gasteiger partial charge in [-0.25, -0.2) is 0 Å². The van der Waals surface area contributed by atoms with Crippen molar-refractivity contribution in [3.05, 3.63) is 29.8 Å². The average molecular weight is 524 g/mol. The Hall–Kier alpha value is -1.21. The highest BCUT2D eigenvalue weighted by atomic mass is 79.9. The molecule has 2 bridgehead atoms. The van der Waals surface area contributed by atoms with Crippen LogP contribution in [0.4, 0.5) is 5.69 Å². The highest BCUT2D eigenvalue weighted by Crippen LogP contribution is 2.60. The van der Waals surface area contributed by atoms with Gasteiger partial charge in [0, 0.05) is 28.3 Å². The lowest BCUT2D eigenvalue weighted by Crippen LogP contribution is -2.38. The third-order valence-corrected chi connectivity index (χ3v) is 10.6. The number of carbonyl (C=O) groups excluding carboxylic acids is 3. The first kappa shape index (κ1) is 19.7. The summed E-state index contributed by atoms with van der Waals surface area (Å²) in [6.45, 7) is 3.74. The van der Waals surface area contributed by atoms with Crippen molar-refractivity contribution in [1.29, 1.82) is 0 Å². The third kappa shape index (κ3) is 2.94. The number of rotatable bonds is 2. The topological polar surface area (TPSA) is 57.7 Å². The van der Waals surface area contributed by atoms with Crippen LogP contribution >= 0.6 is 31.9 Å². The lowest BCUT2D eigenvalue weighted by atomic mass is 9.81. The number of likely N-dealkylation sites (tertiary alicyclic amines) is 1. The minimum Gasteiger partial charge on any atom is -0.339 e. The summed E-state index contributed by atoms with van der Waals surface area (Å²) in [5.41, 5.74) is 1.08. The van der Waals surface area contributed by atoms with Crippen LogP contribution in [0.15, 0.2) is 24.3 Å². The Bertz CT molecular complexity index is 851. The predicted octanol–water partition coefficient (Wildman–Crippen LogP) is 3.84. The first-order chi connectivity index (χ1) is 13.9. The molecule has 0 spiro atoms. The molecule has 4 aliphatic rings. The van der Waals surface area contributed by atoms with Crippen molar-refractivity contribution in [2.75, 3.05) is 18.0 Å². The fraction of sp³-hybridized carbons (Fsp3) is 0.591. The van der Waals surface area contributed by atoms with Gasteiger partial charge in [0.1, 0.15) is 0 Å². The van der Waals surface area contributed by atoms with Gasteiger partial charge in [-0.2, -0.15) is 0 Å². The number of halogens is 2. The van der Waals surface area contributed by atoms with E-state index >= 15 is 0 Å². The summed E-state index contributed by atoms with van der Waals surface area (Å²) in [4.78, 5) is 43.1. The Labute approximate surface area is 187 Å². The molecule has 0 unspecified atom stereocenters. The zero-order chi connectivity index (χ0) is 20.4. The SMILES string of the molecule is CC1CCN(C(=O)c2cccc(N3C(=O)[C@@H]4[C@H]5C[C@@H]([C@@H](Br)[C@H]5Br)[C@H]4C3=O)c2)CC1. The van der Waals surface area contributed by atoms with Crippen LogP contribution in [0.2, 0.25) is 0 Å². The molecule has 6 atom stereocenters. The molecule has 2 saturated heterocycles. The number of hydrogen-bond acceptors (Lipinski definition) is 3. The van der Waals surface area contributed by atoms with E-state index in [1.54, 1.807) is 24.3 Å². The largest absolute Gasteiger partial charge is 0.339 e. The fourth-order valence-electron chi connectivity index (χ4n) is 5.78. The van der Waals surface area contributed by atoms with Crippen LogP contribution in [0.25, 0.3) is 0 Å². The van der Waals surface area contributed by atoms with Gasteiger partial charge in [0.2, 0.25) is 11.8 Å². The highest BCUT2D eigenvalue weighted by molar-refractivity contribution is 9.12. The Morgan fingerprint density at radius 1 is 1.00 bits per heavy atom. The van der Waals surface area contributed by atoms with Crippen molar-refractivity contribution in [2.24, 2.45) is 29.6 Å². The summed E-state index contributed by atoms with van der Waals surface area (Å²) in [5.74, 6) is 0.324. The Balaban J connectivity index is 1.41. The van der Waals surface area contributed by atoms with E-state index in [9.17, 15) is 14.4 Å². The summed E-state index contributed by atoms with van der Waals surface area (Å²) in [5, 5.41) is 0. The van der Waals surface area contributed by atoms with Gasteiger partial charge in [-0.1, -0.05) is 44.8 Å². The minimum absolute atomic E-state index is 0.0147. The molecule has 0 aromatic heterocycles. The van der Waals surface area contributed by atoms with Gasteiger partial charge in [-0.3, -0.25) is 19.3 Å². The molecule has 1 aromatic rings. The maximum atomic E-state index is 13.2. The molecule has 2 aliphatic carbocycles. The second kappa shape index (κ2) is 7.19. The number of anilines is 1. The van der Waals surface area contributed by atoms with Crippen molar-refractivity contribution < 1.29 is 14.4 Å². The zero-order valence-corrected chi connectivity index (χ0v) is 19.4. The zero-order valence-electron chi connectivity index (χ0n) is 16.3. The van der Waals surface area contributed by atoms with Crippen molar-refractivity contribution in [1.82, 2.24) is 4.90 Å². The first-order valence-electron chi connectivity index (χ1n) is 10.4. The molecule has 3 amide bonds.